The molecule has 94 valence electrons. The Labute approximate surface area is 105 Å². The highest BCUT2D eigenvalue weighted by Crippen LogP contribution is 2.33. The number of aromatic hydroxyl groups is 2. The summed E-state index contributed by atoms with van der Waals surface area (Å²) in [6, 6.07) is 10.2. The summed E-state index contributed by atoms with van der Waals surface area (Å²) in [5, 5.41) is 18.7. The van der Waals surface area contributed by atoms with Crippen LogP contribution in [0, 0.1) is 6.92 Å². The molecule has 2 rings (SSSR count). The maximum absolute atomic E-state index is 12.3. The summed E-state index contributed by atoms with van der Waals surface area (Å²) in [7, 11) is -3.68. The van der Waals surface area contributed by atoms with E-state index in [-0.39, 0.29) is 15.5 Å². The van der Waals surface area contributed by atoms with Gasteiger partial charge in [0.1, 0.15) is 0 Å². The van der Waals surface area contributed by atoms with E-state index in [1.165, 1.54) is 18.2 Å². The summed E-state index contributed by atoms with van der Waals surface area (Å²) in [6.45, 7) is 1.56. The molecule has 5 heteroatoms. The minimum absolute atomic E-state index is 0.0102. The zero-order valence-electron chi connectivity index (χ0n) is 9.66. The Morgan fingerprint density at radius 2 is 1.50 bits per heavy atom. The monoisotopic (exact) mass is 264 g/mol. The first-order valence-electron chi connectivity index (χ1n) is 5.25. The van der Waals surface area contributed by atoms with Gasteiger partial charge in [-0.1, -0.05) is 18.2 Å². The predicted octanol–water partition coefficient (Wildman–Crippen LogP) is 2.24. The van der Waals surface area contributed by atoms with Crippen molar-refractivity contribution >= 4 is 9.84 Å². The maximum Gasteiger partial charge on any atom is 0.206 e. The first kappa shape index (κ1) is 12.4. The van der Waals surface area contributed by atoms with Gasteiger partial charge in [-0.05, 0) is 30.7 Å². The van der Waals surface area contributed by atoms with Crippen LogP contribution in [0.1, 0.15) is 5.56 Å². The first-order chi connectivity index (χ1) is 8.43. The molecule has 2 N–H and O–H groups in total. The highest BCUT2D eigenvalue weighted by Gasteiger charge is 2.21. The molecule has 0 saturated carbocycles. The van der Waals surface area contributed by atoms with Gasteiger partial charge >= 0.3 is 0 Å². The fourth-order valence-electron chi connectivity index (χ4n) is 1.68. The lowest BCUT2D eigenvalue weighted by atomic mass is 10.2. The number of hydrogen-bond acceptors (Lipinski definition) is 4. The summed E-state index contributed by atoms with van der Waals surface area (Å²) in [5.41, 5.74) is 0.383. The molecule has 2 aromatic rings. The van der Waals surface area contributed by atoms with Crippen LogP contribution in [-0.4, -0.2) is 18.6 Å². The van der Waals surface area contributed by atoms with Crippen LogP contribution in [0.4, 0.5) is 0 Å². The largest absolute Gasteiger partial charge is 0.504 e. The number of sulfone groups is 1. The molecule has 2 aromatic carbocycles. The summed E-state index contributed by atoms with van der Waals surface area (Å²) in [5.74, 6) is -0.783. The summed E-state index contributed by atoms with van der Waals surface area (Å²) in [6.07, 6.45) is 0. The Hall–Kier alpha value is -2.01. The van der Waals surface area contributed by atoms with Crippen LogP contribution in [0.5, 0.6) is 11.5 Å². The average Bonchev–Trinajstić information content (AvgIpc) is 2.34. The second-order valence-corrected chi connectivity index (χ2v) is 5.84. The molecule has 0 bridgehead atoms. The van der Waals surface area contributed by atoms with Gasteiger partial charge in [-0.3, -0.25) is 0 Å². The van der Waals surface area contributed by atoms with Gasteiger partial charge in [-0.2, -0.15) is 0 Å². The fraction of sp³-hybridized carbons (Fsp3) is 0.0769. The maximum atomic E-state index is 12.3. The van der Waals surface area contributed by atoms with Crippen molar-refractivity contribution in [3.63, 3.8) is 0 Å². The molecular weight excluding hydrogens is 252 g/mol. The molecule has 0 atom stereocenters. The lowest BCUT2D eigenvalue weighted by molar-refractivity contribution is 0.401. The third-order valence-electron chi connectivity index (χ3n) is 2.62. The van der Waals surface area contributed by atoms with Gasteiger partial charge in [0.05, 0.1) is 9.79 Å². The van der Waals surface area contributed by atoms with Crippen LogP contribution >= 0.6 is 0 Å². The van der Waals surface area contributed by atoms with Gasteiger partial charge in [-0.25, -0.2) is 8.42 Å². The van der Waals surface area contributed by atoms with Crippen molar-refractivity contribution in [3.05, 3.63) is 48.0 Å². The number of benzene rings is 2. The number of aryl methyl sites for hydroxylation is 1. The quantitative estimate of drug-likeness (QED) is 0.816. The molecule has 0 amide bonds. The standard InChI is InChI=1S/C13H12O4S/c1-9-7-11(14)12(15)8-13(9)18(16,17)10-5-3-2-4-6-10/h2-8,14-15H,1H3. The van der Waals surface area contributed by atoms with Crippen molar-refractivity contribution in [2.45, 2.75) is 16.7 Å². The molecule has 0 spiro atoms. The molecule has 4 nitrogen and oxygen atoms in total. The van der Waals surface area contributed by atoms with Gasteiger partial charge in [0.2, 0.25) is 9.84 Å². The summed E-state index contributed by atoms with van der Waals surface area (Å²) < 4.78 is 24.7. The molecule has 0 radical (unpaired) electrons. The van der Waals surface area contributed by atoms with Crippen molar-refractivity contribution in [1.82, 2.24) is 0 Å². The van der Waals surface area contributed by atoms with Crippen molar-refractivity contribution < 1.29 is 18.6 Å². The van der Waals surface area contributed by atoms with E-state index in [0.29, 0.717) is 5.56 Å². The van der Waals surface area contributed by atoms with Gasteiger partial charge in [0, 0.05) is 6.07 Å². The van der Waals surface area contributed by atoms with Gasteiger partial charge in [0.25, 0.3) is 0 Å². The molecule has 0 fully saturated rings. The van der Waals surface area contributed by atoms with Crippen molar-refractivity contribution in [2.24, 2.45) is 0 Å². The topological polar surface area (TPSA) is 74.6 Å². The molecule has 0 aromatic heterocycles. The van der Waals surface area contributed by atoms with Crippen LogP contribution < -0.4 is 0 Å². The molecule has 0 aliphatic rings. The summed E-state index contributed by atoms with van der Waals surface area (Å²) >= 11 is 0. The molecule has 0 unspecified atom stereocenters. The van der Waals surface area contributed by atoms with Crippen LogP contribution in [0.3, 0.4) is 0 Å². The number of phenolic OH excluding ortho intramolecular Hbond substituents is 2. The Bertz CT molecular complexity index is 676. The number of rotatable bonds is 2. The predicted molar refractivity (Wildman–Crippen MR) is 66.4 cm³/mol. The Kier molecular flexibility index (Phi) is 3.00. The fourth-order valence-corrected chi connectivity index (χ4v) is 3.20. The van der Waals surface area contributed by atoms with E-state index >= 15 is 0 Å². The molecular formula is C13H12O4S. The first-order valence-corrected chi connectivity index (χ1v) is 6.74. The van der Waals surface area contributed by atoms with Crippen molar-refractivity contribution in [3.8, 4) is 11.5 Å². The van der Waals surface area contributed by atoms with Crippen LogP contribution in [0.2, 0.25) is 0 Å². The van der Waals surface area contributed by atoms with Crippen LogP contribution in [-0.2, 0) is 9.84 Å². The minimum atomic E-state index is -3.68. The Morgan fingerprint density at radius 3 is 2.11 bits per heavy atom. The highest BCUT2D eigenvalue weighted by atomic mass is 32.2. The van der Waals surface area contributed by atoms with E-state index in [4.69, 9.17) is 0 Å². The van der Waals surface area contributed by atoms with E-state index in [0.717, 1.165) is 6.07 Å². The van der Waals surface area contributed by atoms with E-state index in [9.17, 15) is 18.6 Å². The lowest BCUT2D eigenvalue weighted by Gasteiger charge is -2.09. The third kappa shape index (κ3) is 2.04. The highest BCUT2D eigenvalue weighted by molar-refractivity contribution is 7.91. The van der Waals surface area contributed by atoms with Crippen LogP contribution in [0.15, 0.2) is 52.3 Å². The number of phenols is 2. The van der Waals surface area contributed by atoms with E-state index in [1.807, 2.05) is 0 Å². The average molecular weight is 264 g/mol. The lowest BCUT2D eigenvalue weighted by Crippen LogP contribution is -2.03. The van der Waals surface area contributed by atoms with Crippen molar-refractivity contribution in [2.75, 3.05) is 0 Å². The molecule has 0 saturated heterocycles. The molecule has 0 heterocycles. The third-order valence-corrected chi connectivity index (χ3v) is 4.53. The second kappa shape index (κ2) is 4.34. The Balaban J connectivity index is 2.66. The zero-order valence-corrected chi connectivity index (χ0v) is 10.5. The summed E-state index contributed by atoms with van der Waals surface area (Å²) in [4.78, 5) is 0.141. The van der Waals surface area contributed by atoms with E-state index in [2.05, 4.69) is 0 Å². The van der Waals surface area contributed by atoms with E-state index < -0.39 is 15.6 Å². The second-order valence-electron chi connectivity index (χ2n) is 3.92. The van der Waals surface area contributed by atoms with Gasteiger partial charge in [-0.15, -0.1) is 0 Å². The SMILES string of the molecule is Cc1cc(O)c(O)cc1S(=O)(=O)c1ccccc1. The zero-order chi connectivity index (χ0) is 13.3. The molecule has 0 aliphatic carbocycles. The van der Waals surface area contributed by atoms with Gasteiger partial charge < -0.3 is 10.2 Å². The smallest absolute Gasteiger partial charge is 0.206 e. The van der Waals surface area contributed by atoms with E-state index in [1.54, 1.807) is 25.1 Å². The Morgan fingerprint density at radius 1 is 0.944 bits per heavy atom. The van der Waals surface area contributed by atoms with Crippen molar-refractivity contribution in [1.29, 1.82) is 0 Å². The minimum Gasteiger partial charge on any atom is -0.504 e. The van der Waals surface area contributed by atoms with Crippen LogP contribution in [0.25, 0.3) is 0 Å². The number of hydrogen-bond donors (Lipinski definition) is 2. The van der Waals surface area contributed by atoms with Gasteiger partial charge in [0.15, 0.2) is 11.5 Å². The molecule has 18 heavy (non-hydrogen) atoms. The normalized spacial score (nSPS) is 11.4. The molecule has 0 aliphatic heterocycles.